The van der Waals surface area contributed by atoms with Gasteiger partial charge in [-0.3, -0.25) is 0 Å². The van der Waals surface area contributed by atoms with Crippen molar-refractivity contribution in [1.29, 1.82) is 0 Å². The Bertz CT molecular complexity index is 854. The fourth-order valence-electron chi connectivity index (χ4n) is 2.61. The van der Waals surface area contributed by atoms with E-state index in [1.807, 2.05) is 11.3 Å². The van der Waals surface area contributed by atoms with E-state index in [9.17, 15) is 0 Å². The van der Waals surface area contributed by atoms with E-state index in [-0.39, 0.29) is 0 Å². The average Bonchev–Trinajstić information content (AvgIpc) is 3.27. The summed E-state index contributed by atoms with van der Waals surface area (Å²) in [6.07, 6.45) is 0. The van der Waals surface area contributed by atoms with E-state index in [4.69, 9.17) is 0 Å². The largest absolute Gasteiger partial charge is 0.143 e. The number of thiophene rings is 2. The second-order valence-corrected chi connectivity index (χ2v) is 6.95. The van der Waals surface area contributed by atoms with Gasteiger partial charge in [0.15, 0.2) is 0 Å². The van der Waals surface area contributed by atoms with E-state index in [2.05, 4.69) is 83.6 Å². The number of hydrogen-bond acceptors (Lipinski definition) is 2. The fourth-order valence-corrected chi connectivity index (χ4v) is 4.41. The first-order valence-electron chi connectivity index (χ1n) is 7.19. The number of rotatable bonds is 3. The lowest BCUT2D eigenvalue weighted by atomic mass is 10.0. The van der Waals surface area contributed by atoms with Crippen LogP contribution in [0.5, 0.6) is 0 Å². The van der Waals surface area contributed by atoms with Gasteiger partial charge in [-0.1, -0.05) is 60.7 Å². The van der Waals surface area contributed by atoms with Crippen LogP contribution in [0.1, 0.15) is 0 Å². The average molecular weight is 318 g/mol. The molecule has 0 unspecified atom stereocenters. The molecule has 106 valence electrons. The third-order valence-electron chi connectivity index (χ3n) is 3.71. The van der Waals surface area contributed by atoms with Crippen LogP contribution in [-0.2, 0) is 0 Å². The summed E-state index contributed by atoms with van der Waals surface area (Å²) in [5.41, 5.74) is 5.13. The SMILES string of the molecule is c1ccc(-c2ccc(-c3ccsc3-c3cccs3)cc2)cc1. The van der Waals surface area contributed by atoms with Gasteiger partial charge >= 0.3 is 0 Å². The molecule has 0 spiro atoms. The molecular formula is C20H14S2. The van der Waals surface area contributed by atoms with E-state index in [0.29, 0.717) is 0 Å². The predicted octanol–water partition coefficient (Wildman–Crippen LogP) is 6.81. The highest BCUT2D eigenvalue weighted by molar-refractivity contribution is 7.20. The van der Waals surface area contributed by atoms with Crippen LogP contribution in [0.2, 0.25) is 0 Å². The maximum atomic E-state index is 2.22. The summed E-state index contributed by atoms with van der Waals surface area (Å²) in [5.74, 6) is 0. The van der Waals surface area contributed by atoms with Gasteiger partial charge in [0.2, 0.25) is 0 Å². The quantitative estimate of drug-likeness (QED) is 0.389. The van der Waals surface area contributed by atoms with E-state index in [0.717, 1.165) is 0 Å². The van der Waals surface area contributed by atoms with Gasteiger partial charge < -0.3 is 0 Å². The molecule has 0 atom stereocenters. The Morgan fingerprint density at radius 3 is 1.95 bits per heavy atom. The van der Waals surface area contributed by atoms with Gasteiger partial charge in [0.25, 0.3) is 0 Å². The highest BCUT2D eigenvalue weighted by atomic mass is 32.1. The van der Waals surface area contributed by atoms with Gasteiger partial charge in [-0.05, 0) is 39.6 Å². The molecule has 0 radical (unpaired) electrons. The fraction of sp³-hybridized carbons (Fsp3) is 0. The molecule has 22 heavy (non-hydrogen) atoms. The van der Waals surface area contributed by atoms with Gasteiger partial charge in [-0.15, -0.1) is 22.7 Å². The second kappa shape index (κ2) is 5.91. The van der Waals surface area contributed by atoms with Crippen molar-refractivity contribution in [2.24, 2.45) is 0 Å². The number of hydrogen-bond donors (Lipinski definition) is 0. The lowest BCUT2D eigenvalue weighted by Gasteiger charge is -2.05. The summed E-state index contributed by atoms with van der Waals surface area (Å²) < 4.78 is 0. The molecule has 2 aromatic carbocycles. The monoisotopic (exact) mass is 318 g/mol. The molecule has 0 aliphatic heterocycles. The molecule has 0 aliphatic carbocycles. The van der Waals surface area contributed by atoms with Crippen LogP contribution in [0.25, 0.3) is 32.0 Å². The third kappa shape index (κ3) is 2.52. The predicted molar refractivity (Wildman–Crippen MR) is 98.5 cm³/mol. The molecule has 0 aliphatic rings. The molecule has 4 aromatic rings. The lowest BCUT2D eigenvalue weighted by molar-refractivity contribution is 1.61. The van der Waals surface area contributed by atoms with Gasteiger partial charge in [-0.2, -0.15) is 0 Å². The molecule has 0 N–H and O–H groups in total. The van der Waals surface area contributed by atoms with Crippen LogP contribution in [0, 0.1) is 0 Å². The van der Waals surface area contributed by atoms with E-state index < -0.39 is 0 Å². The van der Waals surface area contributed by atoms with Crippen molar-refractivity contribution in [2.45, 2.75) is 0 Å². The molecule has 2 aromatic heterocycles. The van der Waals surface area contributed by atoms with Gasteiger partial charge in [0, 0.05) is 10.4 Å². The van der Waals surface area contributed by atoms with Gasteiger partial charge in [0.1, 0.15) is 0 Å². The topological polar surface area (TPSA) is 0 Å². The van der Waals surface area contributed by atoms with Crippen LogP contribution in [0.3, 0.4) is 0 Å². The number of benzene rings is 2. The van der Waals surface area contributed by atoms with Crippen LogP contribution in [-0.4, -0.2) is 0 Å². The van der Waals surface area contributed by atoms with Crippen molar-refractivity contribution in [3.05, 3.63) is 83.6 Å². The Hall–Kier alpha value is -2.16. The molecule has 0 bridgehead atoms. The standard InChI is InChI=1S/C20H14S2/c1-2-5-15(6-3-1)16-8-10-17(11-9-16)18-12-14-22-20(18)19-7-4-13-21-19/h1-14H. The van der Waals surface area contributed by atoms with Crippen molar-refractivity contribution in [3.63, 3.8) is 0 Å². The van der Waals surface area contributed by atoms with Gasteiger partial charge in [0.05, 0.1) is 4.88 Å². The van der Waals surface area contributed by atoms with Crippen LogP contribution in [0.15, 0.2) is 83.6 Å². The Labute approximate surface area is 138 Å². The first-order valence-corrected chi connectivity index (χ1v) is 8.95. The minimum Gasteiger partial charge on any atom is -0.143 e. The molecule has 0 saturated heterocycles. The summed E-state index contributed by atoms with van der Waals surface area (Å²) >= 11 is 3.61. The van der Waals surface area contributed by atoms with Crippen molar-refractivity contribution >= 4 is 22.7 Å². The summed E-state index contributed by atoms with van der Waals surface area (Å²) in [7, 11) is 0. The van der Waals surface area contributed by atoms with Crippen molar-refractivity contribution in [3.8, 4) is 32.0 Å². The first-order chi connectivity index (χ1) is 10.9. The summed E-state index contributed by atoms with van der Waals surface area (Å²) in [4.78, 5) is 2.71. The van der Waals surface area contributed by atoms with Crippen molar-refractivity contribution in [1.82, 2.24) is 0 Å². The van der Waals surface area contributed by atoms with Gasteiger partial charge in [-0.25, -0.2) is 0 Å². The van der Waals surface area contributed by atoms with Crippen molar-refractivity contribution < 1.29 is 0 Å². The Morgan fingerprint density at radius 2 is 1.23 bits per heavy atom. The zero-order valence-electron chi connectivity index (χ0n) is 11.9. The van der Waals surface area contributed by atoms with E-state index in [1.54, 1.807) is 11.3 Å². The maximum absolute atomic E-state index is 2.22. The van der Waals surface area contributed by atoms with E-state index >= 15 is 0 Å². The molecule has 0 amide bonds. The molecule has 0 fully saturated rings. The minimum absolute atomic E-state index is 1.26. The Kier molecular flexibility index (Phi) is 3.63. The molecule has 0 saturated carbocycles. The maximum Gasteiger partial charge on any atom is 0.0520 e. The van der Waals surface area contributed by atoms with Crippen LogP contribution in [0.4, 0.5) is 0 Å². The zero-order valence-corrected chi connectivity index (χ0v) is 13.5. The lowest BCUT2D eigenvalue weighted by Crippen LogP contribution is -1.80. The normalized spacial score (nSPS) is 10.7. The molecule has 4 rings (SSSR count). The molecule has 2 heterocycles. The smallest absolute Gasteiger partial charge is 0.0520 e. The van der Waals surface area contributed by atoms with E-state index in [1.165, 1.54) is 32.0 Å². The minimum atomic E-state index is 1.26. The zero-order chi connectivity index (χ0) is 14.8. The molecule has 0 nitrogen and oxygen atoms in total. The molecule has 2 heteroatoms. The highest BCUT2D eigenvalue weighted by Crippen LogP contribution is 2.39. The second-order valence-electron chi connectivity index (χ2n) is 5.08. The summed E-state index contributed by atoms with van der Waals surface area (Å²) in [5, 5.41) is 4.31. The van der Waals surface area contributed by atoms with Crippen LogP contribution >= 0.6 is 22.7 Å². The Balaban J connectivity index is 1.72. The van der Waals surface area contributed by atoms with Crippen molar-refractivity contribution in [2.75, 3.05) is 0 Å². The van der Waals surface area contributed by atoms with Crippen LogP contribution < -0.4 is 0 Å². The summed E-state index contributed by atoms with van der Waals surface area (Å²) in [6.45, 7) is 0. The Morgan fingerprint density at radius 1 is 0.500 bits per heavy atom. The first kappa shape index (κ1) is 13.5. The summed E-state index contributed by atoms with van der Waals surface area (Å²) in [6, 6.07) is 25.9. The molecular weight excluding hydrogens is 304 g/mol. The third-order valence-corrected chi connectivity index (χ3v) is 5.68. The highest BCUT2D eigenvalue weighted by Gasteiger charge is 2.10.